The zero-order valence-electron chi connectivity index (χ0n) is 19.6. The number of amides is 2. The maximum Gasteiger partial charge on any atom is 0.302 e. The molecule has 1 aliphatic rings. The molecule has 180 valence electrons. The third-order valence-corrected chi connectivity index (χ3v) is 5.88. The number of carbonyl (C=O) groups is 3. The van der Waals surface area contributed by atoms with Crippen LogP contribution in [0.25, 0.3) is 23.0 Å². The number of hydrogen-bond donors (Lipinski definition) is 0. The van der Waals surface area contributed by atoms with Crippen LogP contribution >= 0.6 is 11.6 Å². The second-order valence-corrected chi connectivity index (χ2v) is 8.43. The standard InChI is InChI=1S/C27H21ClN4O4/c1-17-23(26(34)31(12-13-36-18(2)33)27(35)24(17)15-29)14-20-16-32(22-6-4-3-5-7-22)30-25(20)19-8-10-21(28)11-9-19/h3-11,14,16H,12-13H2,1-2H3/b23-14+. The molecule has 0 fully saturated rings. The molecule has 1 aromatic heterocycles. The summed E-state index contributed by atoms with van der Waals surface area (Å²) < 4.78 is 6.59. The second-order valence-electron chi connectivity index (χ2n) is 7.99. The minimum absolute atomic E-state index is 0.146. The van der Waals surface area contributed by atoms with Crippen molar-refractivity contribution in [2.75, 3.05) is 13.2 Å². The van der Waals surface area contributed by atoms with Gasteiger partial charge in [0.15, 0.2) is 0 Å². The average molecular weight is 501 g/mol. The molecule has 9 heteroatoms. The van der Waals surface area contributed by atoms with Crippen molar-refractivity contribution in [3.63, 3.8) is 0 Å². The lowest BCUT2D eigenvalue weighted by atomic mass is 9.93. The van der Waals surface area contributed by atoms with Gasteiger partial charge >= 0.3 is 5.97 Å². The monoisotopic (exact) mass is 500 g/mol. The molecule has 0 N–H and O–H groups in total. The van der Waals surface area contributed by atoms with Gasteiger partial charge in [-0.3, -0.25) is 19.3 Å². The van der Waals surface area contributed by atoms with Crippen molar-refractivity contribution >= 4 is 35.5 Å². The van der Waals surface area contributed by atoms with Crippen molar-refractivity contribution in [1.29, 1.82) is 5.26 Å². The highest BCUT2D eigenvalue weighted by Gasteiger charge is 2.35. The Morgan fingerprint density at radius 3 is 2.44 bits per heavy atom. The first-order chi connectivity index (χ1) is 17.3. The summed E-state index contributed by atoms with van der Waals surface area (Å²) >= 11 is 6.07. The molecular formula is C27H21ClN4O4. The molecule has 2 amide bonds. The summed E-state index contributed by atoms with van der Waals surface area (Å²) in [5, 5.41) is 14.9. The van der Waals surface area contributed by atoms with Crippen molar-refractivity contribution in [3.8, 4) is 23.0 Å². The van der Waals surface area contributed by atoms with E-state index in [1.807, 2.05) is 48.5 Å². The minimum atomic E-state index is -0.720. The van der Waals surface area contributed by atoms with Crippen molar-refractivity contribution in [2.45, 2.75) is 13.8 Å². The zero-order valence-corrected chi connectivity index (χ0v) is 20.3. The quantitative estimate of drug-likeness (QED) is 0.283. The molecule has 2 heterocycles. The van der Waals surface area contributed by atoms with Crippen molar-refractivity contribution in [2.24, 2.45) is 0 Å². The van der Waals surface area contributed by atoms with Crippen LogP contribution in [-0.2, 0) is 19.1 Å². The summed E-state index contributed by atoms with van der Waals surface area (Å²) in [7, 11) is 0. The Labute approximate surface area is 212 Å². The van der Waals surface area contributed by atoms with E-state index in [-0.39, 0.29) is 29.9 Å². The molecule has 0 saturated carbocycles. The molecule has 3 aromatic rings. The Morgan fingerprint density at radius 2 is 1.81 bits per heavy atom. The molecule has 36 heavy (non-hydrogen) atoms. The number of ether oxygens (including phenoxy) is 1. The van der Waals surface area contributed by atoms with E-state index in [1.54, 1.807) is 36.0 Å². The van der Waals surface area contributed by atoms with Gasteiger partial charge in [-0.2, -0.15) is 10.4 Å². The molecule has 2 aromatic carbocycles. The average Bonchev–Trinajstić information content (AvgIpc) is 3.29. The van der Waals surface area contributed by atoms with Gasteiger partial charge < -0.3 is 4.74 Å². The van der Waals surface area contributed by atoms with Crippen molar-refractivity contribution in [1.82, 2.24) is 14.7 Å². The third-order valence-electron chi connectivity index (χ3n) is 5.63. The highest BCUT2D eigenvalue weighted by Crippen LogP contribution is 2.31. The fraction of sp³-hybridized carbons (Fsp3) is 0.148. The first kappa shape index (κ1) is 24.6. The topological polar surface area (TPSA) is 105 Å². The van der Waals surface area contributed by atoms with Gasteiger partial charge in [-0.15, -0.1) is 0 Å². The van der Waals surface area contributed by atoms with E-state index < -0.39 is 17.8 Å². The Bertz CT molecular complexity index is 1450. The number of aromatic nitrogens is 2. The molecule has 0 saturated heterocycles. The van der Waals surface area contributed by atoms with Crippen LogP contribution in [0, 0.1) is 11.3 Å². The van der Waals surface area contributed by atoms with Crippen LogP contribution in [0.15, 0.2) is 77.5 Å². The highest BCUT2D eigenvalue weighted by atomic mass is 35.5. The Hall–Kier alpha value is -4.48. The predicted molar refractivity (Wildman–Crippen MR) is 134 cm³/mol. The van der Waals surface area contributed by atoms with E-state index in [4.69, 9.17) is 21.4 Å². The SMILES string of the molecule is CC(=O)OCCN1C(=O)C(C#N)=C(C)/C(=C\c2cn(-c3ccccc3)nc2-c2ccc(Cl)cc2)C1=O. The smallest absolute Gasteiger partial charge is 0.302 e. The largest absolute Gasteiger partial charge is 0.464 e. The molecule has 0 aliphatic carbocycles. The van der Waals surface area contributed by atoms with E-state index >= 15 is 0 Å². The molecule has 0 atom stereocenters. The van der Waals surface area contributed by atoms with Gasteiger partial charge in [0.05, 0.1) is 17.9 Å². The Kier molecular flexibility index (Phi) is 7.13. The van der Waals surface area contributed by atoms with Gasteiger partial charge in [0.1, 0.15) is 18.2 Å². The van der Waals surface area contributed by atoms with Crippen LogP contribution in [0.2, 0.25) is 5.02 Å². The lowest BCUT2D eigenvalue weighted by Gasteiger charge is -2.27. The van der Waals surface area contributed by atoms with E-state index in [0.29, 0.717) is 16.3 Å². The molecule has 0 unspecified atom stereocenters. The molecule has 0 bridgehead atoms. The summed E-state index contributed by atoms with van der Waals surface area (Å²) in [5.74, 6) is -1.84. The molecule has 1 aliphatic heterocycles. The van der Waals surface area contributed by atoms with E-state index in [0.717, 1.165) is 16.2 Å². The first-order valence-electron chi connectivity index (χ1n) is 11.0. The van der Waals surface area contributed by atoms with Crippen LogP contribution in [0.1, 0.15) is 19.4 Å². The number of halogens is 1. The van der Waals surface area contributed by atoms with Gasteiger partial charge in [0.2, 0.25) is 0 Å². The van der Waals surface area contributed by atoms with E-state index in [1.165, 1.54) is 6.92 Å². The first-order valence-corrected chi connectivity index (χ1v) is 11.4. The number of nitrogens with zero attached hydrogens (tertiary/aromatic N) is 4. The highest BCUT2D eigenvalue weighted by molar-refractivity contribution is 6.30. The van der Waals surface area contributed by atoms with Crippen molar-refractivity contribution < 1.29 is 19.1 Å². The van der Waals surface area contributed by atoms with E-state index in [9.17, 15) is 19.6 Å². The van der Waals surface area contributed by atoms with Crippen LogP contribution in [-0.4, -0.2) is 45.6 Å². The van der Waals surface area contributed by atoms with E-state index in [2.05, 4.69) is 0 Å². The number of imide groups is 1. The molecule has 0 radical (unpaired) electrons. The fourth-order valence-electron chi connectivity index (χ4n) is 3.81. The molecular weight excluding hydrogens is 480 g/mol. The molecule has 0 spiro atoms. The Morgan fingerprint density at radius 1 is 1.11 bits per heavy atom. The van der Waals surface area contributed by atoms with Gasteiger partial charge in [-0.25, -0.2) is 4.68 Å². The minimum Gasteiger partial charge on any atom is -0.464 e. The maximum absolute atomic E-state index is 13.4. The lowest BCUT2D eigenvalue weighted by molar-refractivity contribution is -0.147. The molecule has 8 nitrogen and oxygen atoms in total. The second kappa shape index (κ2) is 10.4. The van der Waals surface area contributed by atoms with Crippen LogP contribution in [0.5, 0.6) is 0 Å². The molecule has 4 rings (SSSR count). The Balaban J connectivity index is 1.84. The number of para-hydroxylation sites is 1. The summed E-state index contributed by atoms with van der Waals surface area (Å²) in [4.78, 5) is 38.2. The summed E-state index contributed by atoms with van der Waals surface area (Å²) in [5.41, 5.74) is 3.08. The summed E-state index contributed by atoms with van der Waals surface area (Å²) in [6, 6.07) is 18.5. The fourth-order valence-corrected chi connectivity index (χ4v) is 3.93. The number of hydrogen-bond acceptors (Lipinski definition) is 6. The lowest BCUT2D eigenvalue weighted by Crippen LogP contribution is -2.44. The summed E-state index contributed by atoms with van der Waals surface area (Å²) in [6.07, 6.45) is 3.40. The van der Waals surface area contributed by atoms with Crippen LogP contribution < -0.4 is 0 Å². The normalized spacial score (nSPS) is 14.8. The van der Waals surface area contributed by atoms with Gasteiger partial charge in [0.25, 0.3) is 11.8 Å². The van der Waals surface area contributed by atoms with Gasteiger partial charge in [0, 0.05) is 34.8 Å². The van der Waals surface area contributed by atoms with Crippen molar-refractivity contribution in [3.05, 3.63) is 88.1 Å². The van der Waals surface area contributed by atoms with Crippen LogP contribution in [0.4, 0.5) is 0 Å². The number of esters is 1. The number of rotatable bonds is 6. The number of carbonyl (C=O) groups excluding carboxylic acids is 3. The predicted octanol–water partition coefficient (Wildman–Crippen LogP) is 4.35. The maximum atomic E-state index is 13.4. The van der Waals surface area contributed by atoms with Crippen LogP contribution in [0.3, 0.4) is 0 Å². The zero-order chi connectivity index (χ0) is 25.8. The van der Waals surface area contributed by atoms with Gasteiger partial charge in [-0.1, -0.05) is 41.9 Å². The number of nitriles is 1. The van der Waals surface area contributed by atoms with Gasteiger partial charge in [-0.05, 0) is 42.8 Å². The summed E-state index contributed by atoms with van der Waals surface area (Å²) in [6.45, 7) is 2.46. The number of benzene rings is 2. The third kappa shape index (κ3) is 4.97.